The van der Waals surface area contributed by atoms with E-state index in [9.17, 15) is 9.90 Å². The predicted molar refractivity (Wildman–Crippen MR) is 97.3 cm³/mol. The number of carboxylic acids is 1. The van der Waals surface area contributed by atoms with E-state index in [1.54, 1.807) is 12.1 Å². The van der Waals surface area contributed by atoms with Crippen molar-refractivity contribution in [2.24, 2.45) is 0 Å². The van der Waals surface area contributed by atoms with Crippen LogP contribution in [0.5, 0.6) is 0 Å². The molecule has 124 valence electrons. The number of aromatic carboxylic acids is 1. The Balaban J connectivity index is 1.97. The third-order valence-corrected chi connectivity index (χ3v) is 4.54. The molecular weight excluding hydrogens is 298 g/mol. The van der Waals surface area contributed by atoms with E-state index in [0.717, 1.165) is 36.3 Å². The lowest BCUT2D eigenvalue weighted by Crippen LogP contribution is -2.19. The van der Waals surface area contributed by atoms with Crippen LogP contribution >= 0.6 is 0 Å². The second-order valence-corrected chi connectivity index (χ2v) is 6.38. The fourth-order valence-corrected chi connectivity index (χ4v) is 3.14. The van der Waals surface area contributed by atoms with Crippen LogP contribution in [0.25, 0.3) is 5.57 Å². The molecule has 1 saturated heterocycles. The molecule has 0 aromatic heterocycles. The van der Waals surface area contributed by atoms with Gasteiger partial charge in [-0.1, -0.05) is 48.0 Å². The number of hydrogen-bond acceptors (Lipinski definition) is 2. The number of aryl methyl sites for hydroxylation is 1. The largest absolute Gasteiger partial charge is 0.478 e. The van der Waals surface area contributed by atoms with Gasteiger partial charge >= 0.3 is 5.97 Å². The van der Waals surface area contributed by atoms with Crippen molar-refractivity contribution in [2.45, 2.75) is 19.8 Å². The van der Waals surface area contributed by atoms with Gasteiger partial charge in [-0.05, 0) is 61.7 Å². The highest BCUT2D eigenvalue weighted by molar-refractivity contribution is 5.90. The molecule has 0 aliphatic carbocycles. The summed E-state index contributed by atoms with van der Waals surface area (Å²) in [5.74, 6) is -0.889. The van der Waals surface area contributed by atoms with E-state index in [2.05, 4.69) is 42.2 Å². The van der Waals surface area contributed by atoms with Gasteiger partial charge in [-0.25, -0.2) is 4.79 Å². The number of rotatable bonds is 5. The van der Waals surface area contributed by atoms with E-state index in [1.165, 1.54) is 18.4 Å². The van der Waals surface area contributed by atoms with Gasteiger partial charge in [0, 0.05) is 6.54 Å². The summed E-state index contributed by atoms with van der Waals surface area (Å²) in [4.78, 5) is 13.7. The molecule has 1 N–H and O–H groups in total. The first-order valence-electron chi connectivity index (χ1n) is 8.47. The zero-order chi connectivity index (χ0) is 16.9. The van der Waals surface area contributed by atoms with E-state index >= 15 is 0 Å². The third-order valence-electron chi connectivity index (χ3n) is 4.54. The minimum atomic E-state index is -0.889. The van der Waals surface area contributed by atoms with Crippen molar-refractivity contribution in [3.63, 3.8) is 0 Å². The lowest BCUT2D eigenvalue weighted by Gasteiger charge is -2.15. The van der Waals surface area contributed by atoms with Crippen molar-refractivity contribution >= 4 is 11.5 Å². The average molecular weight is 321 g/mol. The summed E-state index contributed by atoms with van der Waals surface area (Å²) in [7, 11) is 0. The zero-order valence-corrected chi connectivity index (χ0v) is 14.0. The van der Waals surface area contributed by atoms with Crippen molar-refractivity contribution in [3.05, 3.63) is 76.9 Å². The van der Waals surface area contributed by atoms with E-state index < -0.39 is 5.97 Å². The van der Waals surface area contributed by atoms with Crippen LogP contribution in [0.3, 0.4) is 0 Å². The molecule has 1 fully saturated rings. The van der Waals surface area contributed by atoms with Crippen molar-refractivity contribution in [3.8, 4) is 0 Å². The van der Waals surface area contributed by atoms with Crippen LogP contribution in [-0.4, -0.2) is 35.6 Å². The smallest absolute Gasteiger partial charge is 0.335 e. The highest BCUT2D eigenvalue weighted by atomic mass is 16.4. The van der Waals surface area contributed by atoms with Crippen LogP contribution in [0.15, 0.2) is 54.6 Å². The van der Waals surface area contributed by atoms with Gasteiger partial charge in [-0.15, -0.1) is 0 Å². The van der Waals surface area contributed by atoms with Gasteiger partial charge in [-0.2, -0.15) is 0 Å². The first-order valence-corrected chi connectivity index (χ1v) is 8.47. The molecule has 1 aliphatic rings. The number of hydrogen-bond donors (Lipinski definition) is 1. The van der Waals surface area contributed by atoms with Crippen LogP contribution in [0.4, 0.5) is 0 Å². The SMILES string of the molecule is Cc1ccc(/C(=C\CN2CCCC2)c2cccc(C(=O)O)c2)cc1. The molecule has 0 amide bonds. The molecule has 1 aliphatic heterocycles. The first kappa shape index (κ1) is 16.5. The molecule has 3 heteroatoms. The Morgan fingerprint density at radius 3 is 2.38 bits per heavy atom. The standard InChI is InChI=1S/C21H23NO2/c1-16-7-9-17(10-8-16)20(11-14-22-12-2-3-13-22)18-5-4-6-19(15-18)21(23)24/h4-11,15H,2-3,12-14H2,1H3,(H,23,24)/b20-11+. The fourth-order valence-electron chi connectivity index (χ4n) is 3.14. The van der Waals surface area contributed by atoms with Crippen LogP contribution in [0, 0.1) is 6.92 Å². The number of benzene rings is 2. The molecule has 1 heterocycles. The normalized spacial score (nSPS) is 15.6. The van der Waals surface area contributed by atoms with Gasteiger partial charge in [0.05, 0.1) is 5.56 Å². The molecule has 2 aromatic carbocycles. The highest BCUT2D eigenvalue weighted by Crippen LogP contribution is 2.25. The summed E-state index contributed by atoms with van der Waals surface area (Å²) < 4.78 is 0. The van der Waals surface area contributed by atoms with Gasteiger partial charge in [-0.3, -0.25) is 4.90 Å². The van der Waals surface area contributed by atoms with Crippen LogP contribution in [0.1, 0.15) is 39.9 Å². The summed E-state index contributed by atoms with van der Waals surface area (Å²) in [6.07, 6.45) is 4.77. The number of likely N-dealkylation sites (tertiary alicyclic amines) is 1. The average Bonchev–Trinajstić information content (AvgIpc) is 3.10. The lowest BCUT2D eigenvalue weighted by atomic mass is 9.95. The highest BCUT2D eigenvalue weighted by Gasteiger charge is 2.12. The second kappa shape index (κ2) is 7.45. The van der Waals surface area contributed by atoms with Gasteiger partial charge in [0.15, 0.2) is 0 Å². The minimum absolute atomic E-state index is 0.326. The van der Waals surface area contributed by atoms with Crippen LogP contribution < -0.4 is 0 Å². The van der Waals surface area contributed by atoms with E-state index in [4.69, 9.17) is 0 Å². The monoisotopic (exact) mass is 321 g/mol. The molecule has 24 heavy (non-hydrogen) atoms. The van der Waals surface area contributed by atoms with Crippen molar-refractivity contribution in [1.29, 1.82) is 0 Å². The fraction of sp³-hybridized carbons (Fsp3) is 0.286. The Kier molecular flexibility index (Phi) is 5.11. The summed E-state index contributed by atoms with van der Waals surface area (Å²) >= 11 is 0. The molecule has 0 bridgehead atoms. The topological polar surface area (TPSA) is 40.5 Å². The van der Waals surface area contributed by atoms with Gasteiger partial charge in [0.2, 0.25) is 0 Å². The maximum Gasteiger partial charge on any atom is 0.335 e. The van der Waals surface area contributed by atoms with Crippen LogP contribution in [-0.2, 0) is 0 Å². The lowest BCUT2D eigenvalue weighted by molar-refractivity contribution is 0.0697. The Bertz CT molecular complexity index is 741. The Morgan fingerprint density at radius 1 is 1.04 bits per heavy atom. The molecule has 0 spiro atoms. The zero-order valence-electron chi connectivity index (χ0n) is 14.0. The molecule has 0 atom stereocenters. The maximum absolute atomic E-state index is 11.3. The Hall–Kier alpha value is -2.39. The molecule has 3 nitrogen and oxygen atoms in total. The molecule has 0 unspecified atom stereocenters. The van der Waals surface area contributed by atoms with E-state index in [0.29, 0.717) is 5.56 Å². The van der Waals surface area contributed by atoms with Gasteiger partial charge in [0.1, 0.15) is 0 Å². The molecule has 0 saturated carbocycles. The van der Waals surface area contributed by atoms with Gasteiger partial charge < -0.3 is 5.11 Å². The quantitative estimate of drug-likeness (QED) is 0.896. The maximum atomic E-state index is 11.3. The van der Waals surface area contributed by atoms with E-state index in [-0.39, 0.29) is 0 Å². The predicted octanol–water partition coefficient (Wildman–Crippen LogP) is 4.22. The van der Waals surface area contributed by atoms with Crippen molar-refractivity contribution in [1.82, 2.24) is 4.90 Å². The van der Waals surface area contributed by atoms with Crippen molar-refractivity contribution < 1.29 is 9.90 Å². The number of carbonyl (C=O) groups is 1. The van der Waals surface area contributed by atoms with Gasteiger partial charge in [0.25, 0.3) is 0 Å². The Labute approximate surface area is 143 Å². The van der Waals surface area contributed by atoms with Crippen molar-refractivity contribution in [2.75, 3.05) is 19.6 Å². The minimum Gasteiger partial charge on any atom is -0.478 e. The first-order chi connectivity index (χ1) is 11.6. The molecule has 0 radical (unpaired) electrons. The molecular formula is C21H23NO2. The third kappa shape index (κ3) is 3.92. The molecule has 2 aromatic rings. The summed E-state index contributed by atoms with van der Waals surface area (Å²) in [6, 6.07) is 15.6. The van der Waals surface area contributed by atoms with E-state index in [1.807, 2.05) is 12.1 Å². The Morgan fingerprint density at radius 2 is 1.71 bits per heavy atom. The number of carboxylic acid groups (broad SMARTS) is 1. The summed E-state index contributed by atoms with van der Waals surface area (Å²) in [6.45, 7) is 5.27. The summed E-state index contributed by atoms with van der Waals surface area (Å²) in [5.41, 5.74) is 4.73. The number of nitrogens with zero attached hydrogens (tertiary/aromatic N) is 1. The summed E-state index contributed by atoms with van der Waals surface area (Å²) in [5, 5.41) is 9.27. The molecule has 3 rings (SSSR count). The second-order valence-electron chi connectivity index (χ2n) is 6.38. The van der Waals surface area contributed by atoms with Crippen LogP contribution in [0.2, 0.25) is 0 Å².